The lowest BCUT2D eigenvalue weighted by atomic mass is 9.98. The molecule has 5 nitrogen and oxygen atoms in total. The van der Waals surface area contributed by atoms with Crippen molar-refractivity contribution in [2.45, 2.75) is 32.9 Å². The SMILES string of the molecule is Cc1cccc(NC(=O)C[NH+](C)[C@@H](C)C(=O)NC(c2ccccc2)c2ccccc2)c1C. The van der Waals surface area contributed by atoms with Crippen molar-refractivity contribution in [3.05, 3.63) is 101 Å². The van der Waals surface area contributed by atoms with Crippen LogP contribution in [-0.2, 0) is 9.59 Å². The third-order valence-corrected chi connectivity index (χ3v) is 6.00. The maximum Gasteiger partial charge on any atom is 0.279 e. The van der Waals surface area contributed by atoms with Gasteiger partial charge in [0.2, 0.25) is 0 Å². The first-order valence-electron chi connectivity index (χ1n) is 11.0. The number of amides is 2. The van der Waals surface area contributed by atoms with Crippen LogP contribution >= 0.6 is 0 Å². The second-order valence-corrected chi connectivity index (χ2v) is 8.30. The van der Waals surface area contributed by atoms with Crippen LogP contribution in [0.1, 0.15) is 35.2 Å². The Balaban J connectivity index is 1.66. The van der Waals surface area contributed by atoms with E-state index >= 15 is 0 Å². The van der Waals surface area contributed by atoms with E-state index in [1.54, 1.807) is 0 Å². The van der Waals surface area contributed by atoms with Gasteiger partial charge in [0.15, 0.2) is 12.6 Å². The molecule has 0 fully saturated rings. The van der Waals surface area contributed by atoms with Crippen molar-refractivity contribution in [3.63, 3.8) is 0 Å². The molecule has 0 aliphatic heterocycles. The Morgan fingerprint density at radius 2 is 1.41 bits per heavy atom. The Bertz CT molecular complexity index is 1010. The molecule has 0 aliphatic carbocycles. The van der Waals surface area contributed by atoms with E-state index in [2.05, 4.69) is 10.6 Å². The van der Waals surface area contributed by atoms with Crippen molar-refractivity contribution in [1.29, 1.82) is 0 Å². The minimum atomic E-state index is -0.394. The van der Waals surface area contributed by atoms with Gasteiger partial charge in [0, 0.05) is 5.69 Å². The number of quaternary nitrogens is 1. The monoisotopic (exact) mass is 430 g/mol. The van der Waals surface area contributed by atoms with E-state index in [9.17, 15) is 9.59 Å². The average Bonchev–Trinajstić information content (AvgIpc) is 2.81. The van der Waals surface area contributed by atoms with Gasteiger partial charge >= 0.3 is 0 Å². The topological polar surface area (TPSA) is 62.6 Å². The predicted molar refractivity (Wildman–Crippen MR) is 129 cm³/mol. The summed E-state index contributed by atoms with van der Waals surface area (Å²) in [6.45, 7) is 6.06. The molecule has 3 N–H and O–H groups in total. The summed E-state index contributed by atoms with van der Waals surface area (Å²) in [5.74, 6) is -0.210. The van der Waals surface area contributed by atoms with E-state index in [0.717, 1.165) is 32.8 Å². The average molecular weight is 431 g/mol. The zero-order valence-corrected chi connectivity index (χ0v) is 19.2. The zero-order valence-electron chi connectivity index (χ0n) is 19.2. The largest absolute Gasteiger partial charge is 0.340 e. The number of carbonyl (C=O) groups is 2. The molecule has 2 amide bonds. The summed E-state index contributed by atoms with van der Waals surface area (Å²) < 4.78 is 0. The highest BCUT2D eigenvalue weighted by atomic mass is 16.2. The van der Waals surface area contributed by atoms with Gasteiger partial charge in [0.05, 0.1) is 13.1 Å². The van der Waals surface area contributed by atoms with Gasteiger partial charge in [-0.2, -0.15) is 0 Å². The van der Waals surface area contributed by atoms with Crippen molar-refractivity contribution < 1.29 is 14.5 Å². The van der Waals surface area contributed by atoms with Crippen LogP contribution in [0.5, 0.6) is 0 Å². The molecule has 0 aromatic heterocycles. The molecule has 3 aromatic carbocycles. The lowest BCUT2D eigenvalue weighted by Crippen LogP contribution is -3.15. The van der Waals surface area contributed by atoms with Gasteiger partial charge in [0.1, 0.15) is 0 Å². The van der Waals surface area contributed by atoms with E-state index in [1.165, 1.54) is 0 Å². The molecule has 0 spiro atoms. The maximum atomic E-state index is 13.1. The molecule has 0 heterocycles. The third-order valence-electron chi connectivity index (χ3n) is 6.00. The fourth-order valence-corrected chi connectivity index (χ4v) is 3.63. The molecule has 1 unspecified atom stereocenters. The minimum Gasteiger partial charge on any atom is -0.340 e. The van der Waals surface area contributed by atoms with Gasteiger partial charge in [-0.25, -0.2) is 0 Å². The van der Waals surface area contributed by atoms with Gasteiger partial charge in [-0.15, -0.1) is 0 Å². The fraction of sp³-hybridized carbons (Fsp3) is 0.259. The highest BCUT2D eigenvalue weighted by molar-refractivity contribution is 5.92. The normalized spacial score (nSPS) is 12.8. The van der Waals surface area contributed by atoms with E-state index in [4.69, 9.17) is 0 Å². The van der Waals surface area contributed by atoms with Crippen LogP contribution in [0.25, 0.3) is 0 Å². The van der Waals surface area contributed by atoms with Gasteiger partial charge in [-0.3, -0.25) is 9.59 Å². The highest BCUT2D eigenvalue weighted by Gasteiger charge is 2.27. The van der Waals surface area contributed by atoms with Crippen molar-refractivity contribution in [2.75, 3.05) is 18.9 Å². The molecule has 0 saturated heterocycles. The number of hydrogen-bond acceptors (Lipinski definition) is 2. The standard InChI is InChI=1S/C27H31N3O2/c1-19-12-11-17-24(20(19)2)28-25(31)18-30(4)21(3)27(32)29-26(22-13-7-5-8-14-22)23-15-9-6-10-16-23/h5-17,21,26H,18H2,1-4H3,(H,28,31)(H,29,32)/p+1/t21-/m0/s1. The summed E-state index contributed by atoms with van der Waals surface area (Å²) in [5, 5.41) is 6.16. The Hall–Kier alpha value is -3.44. The quantitative estimate of drug-likeness (QED) is 0.514. The van der Waals surface area contributed by atoms with E-state index in [1.807, 2.05) is 107 Å². The van der Waals surface area contributed by atoms with Crippen molar-refractivity contribution in [2.24, 2.45) is 0 Å². The van der Waals surface area contributed by atoms with Crippen LogP contribution in [0, 0.1) is 13.8 Å². The summed E-state index contributed by atoms with van der Waals surface area (Å²) in [7, 11) is 1.87. The molecular formula is C27H32N3O2+. The molecule has 0 radical (unpaired) electrons. The molecule has 3 aromatic rings. The third kappa shape index (κ3) is 5.83. The molecule has 2 atom stereocenters. The van der Waals surface area contributed by atoms with Gasteiger partial charge in [-0.1, -0.05) is 72.8 Å². The molecule has 0 bridgehead atoms. The number of benzene rings is 3. The minimum absolute atomic E-state index is 0.0975. The van der Waals surface area contributed by atoms with E-state index < -0.39 is 6.04 Å². The number of rotatable bonds is 8. The van der Waals surface area contributed by atoms with Crippen LogP contribution in [0.3, 0.4) is 0 Å². The highest BCUT2D eigenvalue weighted by Crippen LogP contribution is 2.21. The predicted octanol–water partition coefficient (Wildman–Crippen LogP) is 3.05. The first-order valence-corrected chi connectivity index (χ1v) is 11.0. The van der Waals surface area contributed by atoms with Gasteiger partial charge in [0.25, 0.3) is 11.8 Å². The van der Waals surface area contributed by atoms with Gasteiger partial charge in [-0.05, 0) is 49.1 Å². The number of likely N-dealkylation sites (N-methyl/N-ethyl adjacent to an activating group) is 1. The van der Waals surface area contributed by atoms with Crippen LogP contribution in [0.4, 0.5) is 5.69 Å². The molecule has 0 aliphatic rings. The molecular weight excluding hydrogens is 398 g/mol. The van der Waals surface area contributed by atoms with E-state index in [0.29, 0.717) is 0 Å². The van der Waals surface area contributed by atoms with Gasteiger partial charge < -0.3 is 15.5 Å². The number of aryl methyl sites for hydroxylation is 1. The fourth-order valence-electron chi connectivity index (χ4n) is 3.63. The maximum absolute atomic E-state index is 13.1. The second-order valence-electron chi connectivity index (χ2n) is 8.30. The van der Waals surface area contributed by atoms with E-state index in [-0.39, 0.29) is 24.4 Å². The first-order chi connectivity index (χ1) is 15.4. The molecule has 3 rings (SSSR count). The molecule has 32 heavy (non-hydrogen) atoms. The number of anilines is 1. The van der Waals surface area contributed by atoms with Crippen LogP contribution < -0.4 is 15.5 Å². The summed E-state index contributed by atoms with van der Waals surface area (Å²) >= 11 is 0. The molecule has 166 valence electrons. The number of carbonyl (C=O) groups excluding carboxylic acids is 2. The lowest BCUT2D eigenvalue weighted by Gasteiger charge is -2.25. The Kier molecular flexibility index (Phi) is 7.79. The van der Waals surface area contributed by atoms with Crippen LogP contribution in [-0.4, -0.2) is 31.4 Å². The summed E-state index contributed by atoms with van der Waals surface area (Å²) in [6.07, 6.45) is 0. The first kappa shape index (κ1) is 23.2. The summed E-state index contributed by atoms with van der Waals surface area (Å²) in [4.78, 5) is 26.6. The Morgan fingerprint density at radius 3 is 1.97 bits per heavy atom. The molecule has 0 saturated carbocycles. The second kappa shape index (κ2) is 10.7. The summed E-state index contributed by atoms with van der Waals surface area (Å²) in [5.41, 5.74) is 5.03. The Labute approximate surface area is 190 Å². The van der Waals surface area contributed by atoms with Crippen LogP contribution in [0.15, 0.2) is 78.9 Å². The van der Waals surface area contributed by atoms with Crippen molar-refractivity contribution >= 4 is 17.5 Å². The number of hydrogen-bond donors (Lipinski definition) is 3. The van der Waals surface area contributed by atoms with Crippen molar-refractivity contribution in [1.82, 2.24) is 5.32 Å². The number of nitrogens with one attached hydrogen (secondary N) is 3. The molecule has 5 heteroatoms. The Morgan fingerprint density at radius 1 is 0.844 bits per heavy atom. The summed E-state index contributed by atoms with van der Waals surface area (Å²) in [6, 6.07) is 25.0. The zero-order chi connectivity index (χ0) is 23.1. The van der Waals surface area contributed by atoms with Crippen molar-refractivity contribution in [3.8, 4) is 0 Å². The van der Waals surface area contributed by atoms with Crippen LogP contribution in [0.2, 0.25) is 0 Å². The lowest BCUT2D eigenvalue weighted by molar-refractivity contribution is -0.885. The smallest absolute Gasteiger partial charge is 0.279 e.